The zero-order chi connectivity index (χ0) is 18.8. The Morgan fingerprint density at radius 2 is 1.96 bits per heavy atom. The maximum Gasteiger partial charge on any atom is 0.255 e. The zero-order valence-electron chi connectivity index (χ0n) is 15.4. The van der Waals surface area contributed by atoms with E-state index in [0.29, 0.717) is 23.5 Å². The van der Waals surface area contributed by atoms with Crippen molar-refractivity contribution < 1.29 is 10.2 Å². The van der Waals surface area contributed by atoms with Crippen molar-refractivity contribution in [1.82, 2.24) is 14.9 Å². The summed E-state index contributed by atoms with van der Waals surface area (Å²) >= 11 is 0. The molecule has 0 bridgehead atoms. The van der Waals surface area contributed by atoms with Gasteiger partial charge in [0, 0.05) is 43.9 Å². The number of hydrogen-bond acceptors (Lipinski definition) is 7. The van der Waals surface area contributed by atoms with Crippen LogP contribution in [0, 0.1) is 11.3 Å². The molecular formula is C20H25N5O2. The van der Waals surface area contributed by atoms with E-state index < -0.39 is 0 Å². The predicted molar refractivity (Wildman–Crippen MR) is 103 cm³/mol. The van der Waals surface area contributed by atoms with Gasteiger partial charge < -0.3 is 20.4 Å². The standard InChI is InChI=1S/C20H25N5O2/c21-8-3-9-25-10-6-13(7-11-25)22-18-14-4-1-2-5-15(14)23-16-12-17(26)20(27)24-19(16)18/h12-13,26H,1-7,9-11H2,(H,22,23)(H,24,27). The first-order valence-corrected chi connectivity index (χ1v) is 9.76. The van der Waals surface area contributed by atoms with Crippen LogP contribution in [0.2, 0.25) is 0 Å². The minimum atomic E-state index is -0.352. The van der Waals surface area contributed by atoms with Crippen LogP contribution < -0.4 is 5.32 Å². The molecular weight excluding hydrogens is 342 g/mol. The van der Waals surface area contributed by atoms with Crippen LogP contribution in [0.3, 0.4) is 0 Å². The van der Waals surface area contributed by atoms with E-state index in [2.05, 4.69) is 21.3 Å². The number of aromatic nitrogens is 2. The number of rotatable bonds is 4. The SMILES string of the molecule is N#CCCN1CCC(Nc2c3c(nc4cc(O)c(O)nc24)CCCC3)CC1. The fourth-order valence-electron chi connectivity index (χ4n) is 4.19. The van der Waals surface area contributed by atoms with Gasteiger partial charge in [-0.1, -0.05) is 0 Å². The number of aryl methyl sites for hydroxylation is 1. The molecule has 0 unspecified atom stereocenters. The van der Waals surface area contributed by atoms with Gasteiger partial charge in [0.1, 0.15) is 5.52 Å². The summed E-state index contributed by atoms with van der Waals surface area (Å²) in [5.74, 6) is -0.586. The third-order valence-corrected chi connectivity index (χ3v) is 5.67. The van der Waals surface area contributed by atoms with Crippen LogP contribution in [-0.4, -0.2) is 50.8 Å². The van der Waals surface area contributed by atoms with E-state index in [0.717, 1.165) is 69.5 Å². The summed E-state index contributed by atoms with van der Waals surface area (Å²) < 4.78 is 0. The van der Waals surface area contributed by atoms with Gasteiger partial charge in [-0.2, -0.15) is 5.26 Å². The van der Waals surface area contributed by atoms with Gasteiger partial charge >= 0.3 is 0 Å². The first-order chi connectivity index (χ1) is 13.2. The summed E-state index contributed by atoms with van der Waals surface area (Å²) in [6, 6.07) is 4.05. The number of hydrogen-bond donors (Lipinski definition) is 3. The van der Waals surface area contributed by atoms with E-state index in [1.165, 1.54) is 11.6 Å². The maximum atomic E-state index is 9.92. The number of pyridine rings is 2. The number of nitrogens with one attached hydrogen (secondary N) is 1. The Bertz CT molecular complexity index is 884. The normalized spacial score (nSPS) is 18.2. The van der Waals surface area contributed by atoms with Crippen LogP contribution in [-0.2, 0) is 12.8 Å². The van der Waals surface area contributed by atoms with Crippen LogP contribution >= 0.6 is 0 Å². The monoisotopic (exact) mass is 367 g/mol. The van der Waals surface area contributed by atoms with E-state index in [1.54, 1.807) is 0 Å². The number of anilines is 1. The third kappa shape index (κ3) is 3.62. The zero-order valence-corrected chi connectivity index (χ0v) is 15.4. The molecule has 0 atom stereocenters. The molecule has 1 aliphatic carbocycles. The fourth-order valence-corrected chi connectivity index (χ4v) is 4.19. The Kier molecular flexibility index (Phi) is 4.99. The molecule has 7 heteroatoms. The number of likely N-dealkylation sites (tertiary alicyclic amines) is 1. The molecule has 4 rings (SSSR count). The number of aromatic hydroxyl groups is 2. The average molecular weight is 367 g/mol. The highest BCUT2D eigenvalue weighted by molar-refractivity contribution is 5.91. The van der Waals surface area contributed by atoms with Crippen molar-refractivity contribution in [2.24, 2.45) is 0 Å². The van der Waals surface area contributed by atoms with Crippen molar-refractivity contribution in [2.75, 3.05) is 25.0 Å². The minimum Gasteiger partial charge on any atom is -0.503 e. The number of fused-ring (bicyclic) bond motifs is 2. The minimum absolute atomic E-state index is 0.234. The molecule has 1 saturated heterocycles. The van der Waals surface area contributed by atoms with Crippen molar-refractivity contribution in [1.29, 1.82) is 5.26 Å². The van der Waals surface area contributed by atoms with Gasteiger partial charge in [0.25, 0.3) is 5.88 Å². The maximum absolute atomic E-state index is 9.92. The van der Waals surface area contributed by atoms with Crippen molar-refractivity contribution >= 4 is 16.7 Å². The largest absolute Gasteiger partial charge is 0.503 e. The second kappa shape index (κ2) is 7.57. The molecule has 0 amide bonds. The van der Waals surface area contributed by atoms with Gasteiger partial charge in [-0.3, -0.25) is 4.98 Å². The Morgan fingerprint density at radius 3 is 2.74 bits per heavy atom. The molecule has 0 spiro atoms. The summed E-state index contributed by atoms with van der Waals surface area (Å²) in [5.41, 5.74) is 4.52. The smallest absolute Gasteiger partial charge is 0.255 e. The quantitative estimate of drug-likeness (QED) is 0.763. The third-order valence-electron chi connectivity index (χ3n) is 5.67. The van der Waals surface area contributed by atoms with Gasteiger partial charge in [0.2, 0.25) is 0 Å². The molecule has 142 valence electrons. The summed E-state index contributed by atoms with van der Waals surface area (Å²) in [6.45, 7) is 2.79. The lowest BCUT2D eigenvalue weighted by atomic mass is 9.93. The molecule has 0 aromatic carbocycles. The van der Waals surface area contributed by atoms with E-state index in [-0.39, 0.29) is 11.6 Å². The second-order valence-electron chi connectivity index (χ2n) is 7.49. The molecule has 0 saturated carbocycles. The van der Waals surface area contributed by atoms with E-state index in [1.807, 2.05) is 0 Å². The highest BCUT2D eigenvalue weighted by atomic mass is 16.3. The molecule has 27 heavy (non-hydrogen) atoms. The Hall–Kier alpha value is -2.59. The van der Waals surface area contributed by atoms with Crippen molar-refractivity contribution in [3.05, 3.63) is 17.3 Å². The Morgan fingerprint density at radius 1 is 1.19 bits per heavy atom. The van der Waals surface area contributed by atoms with Gasteiger partial charge in [0.05, 0.1) is 17.3 Å². The van der Waals surface area contributed by atoms with Crippen molar-refractivity contribution in [3.63, 3.8) is 0 Å². The molecule has 3 N–H and O–H groups in total. The molecule has 2 aromatic heterocycles. The average Bonchev–Trinajstić information content (AvgIpc) is 2.69. The lowest BCUT2D eigenvalue weighted by molar-refractivity contribution is 0.223. The van der Waals surface area contributed by atoms with Crippen LogP contribution in [0.5, 0.6) is 11.6 Å². The number of piperidine rings is 1. The van der Waals surface area contributed by atoms with Gasteiger partial charge in [-0.15, -0.1) is 0 Å². The van der Waals surface area contributed by atoms with E-state index in [9.17, 15) is 10.2 Å². The lowest BCUT2D eigenvalue weighted by Gasteiger charge is -2.33. The molecule has 2 aliphatic rings. The van der Waals surface area contributed by atoms with Crippen molar-refractivity contribution in [2.45, 2.75) is 51.0 Å². The number of nitriles is 1. The number of nitrogens with zero attached hydrogens (tertiary/aromatic N) is 4. The lowest BCUT2D eigenvalue weighted by Crippen LogP contribution is -2.39. The van der Waals surface area contributed by atoms with E-state index in [4.69, 9.17) is 10.2 Å². The van der Waals surface area contributed by atoms with Crippen LogP contribution in [0.1, 0.15) is 43.4 Å². The second-order valence-corrected chi connectivity index (χ2v) is 7.49. The van der Waals surface area contributed by atoms with Gasteiger partial charge in [-0.05, 0) is 44.1 Å². The van der Waals surface area contributed by atoms with Gasteiger partial charge in [0.15, 0.2) is 5.75 Å². The van der Waals surface area contributed by atoms with Crippen LogP contribution in [0.4, 0.5) is 5.69 Å². The van der Waals surface area contributed by atoms with Crippen LogP contribution in [0.25, 0.3) is 11.0 Å². The highest BCUT2D eigenvalue weighted by Crippen LogP contribution is 2.36. The summed E-state index contributed by atoms with van der Waals surface area (Å²) in [4.78, 5) is 11.3. The summed E-state index contributed by atoms with van der Waals surface area (Å²) in [5, 5.41) is 32.2. The van der Waals surface area contributed by atoms with Crippen LogP contribution in [0.15, 0.2) is 6.07 Å². The Balaban J connectivity index is 1.63. The Labute approximate surface area is 158 Å². The first-order valence-electron chi connectivity index (χ1n) is 9.76. The highest BCUT2D eigenvalue weighted by Gasteiger charge is 2.24. The van der Waals surface area contributed by atoms with E-state index >= 15 is 0 Å². The fraction of sp³-hybridized carbons (Fsp3) is 0.550. The van der Waals surface area contributed by atoms with Gasteiger partial charge in [-0.25, -0.2) is 4.98 Å². The molecule has 2 aromatic rings. The molecule has 1 fully saturated rings. The molecule has 0 radical (unpaired) electrons. The predicted octanol–water partition coefficient (Wildman–Crippen LogP) is 2.71. The summed E-state index contributed by atoms with van der Waals surface area (Å²) in [6.07, 6.45) is 6.75. The van der Waals surface area contributed by atoms with Crippen molar-refractivity contribution in [3.8, 4) is 17.7 Å². The molecule has 3 heterocycles. The first kappa shape index (κ1) is 17.8. The topological polar surface area (TPSA) is 105 Å². The molecule has 1 aliphatic heterocycles. The molecule has 7 nitrogen and oxygen atoms in total. The summed E-state index contributed by atoms with van der Waals surface area (Å²) in [7, 11) is 0.